The first-order chi connectivity index (χ1) is 5.38. The average Bonchev–Trinajstić information content (AvgIpc) is 2.06. The summed E-state index contributed by atoms with van der Waals surface area (Å²) < 4.78 is 0. The third kappa shape index (κ3) is 1.24. The van der Waals surface area contributed by atoms with Crippen LogP contribution < -0.4 is 11.9 Å². The Morgan fingerprint density at radius 2 is 1.50 bits per heavy atom. The zero-order valence-electron chi connectivity index (χ0n) is 6.83. The van der Waals surface area contributed by atoms with E-state index in [0.717, 1.165) is 11.1 Å². The van der Waals surface area contributed by atoms with Gasteiger partial charge in [0.25, 0.3) is 0 Å². The molecule has 0 atom stereocenters. The van der Waals surface area contributed by atoms with E-state index in [9.17, 15) is 0 Å². The predicted octanol–water partition coefficient (Wildman–Crippen LogP) is 2.58. The van der Waals surface area contributed by atoms with E-state index in [4.69, 9.17) is 5.73 Å². The molecule has 0 unspecified atom stereocenters. The van der Waals surface area contributed by atoms with Crippen molar-refractivity contribution in [2.24, 2.45) is 0 Å². The molecule has 2 rings (SSSR count). The molecular weight excluding hydrogens is 148 g/mol. The van der Waals surface area contributed by atoms with E-state index in [1.165, 1.54) is 5.39 Å². The van der Waals surface area contributed by atoms with Crippen molar-refractivity contribution >= 4 is 16.5 Å². The maximum atomic E-state index is 5.76. The van der Waals surface area contributed by atoms with Crippen LogP contribution in [0.15, 0.2) is 42.5 Å². The molecule has 62 valence electrons. The van der Waals surface area contributed by atoms with Gasteiger partial charge in [0, 0.05) is 11.1 Å². The molecule has 0 aliphatic rings. The third-order valence-electron chi connectivity index (χ3n) is 1.82. The summed E-state index contributed by atoms with van der Waals surface area (Å²) in [5.41, 5.74) is 6.61. The Morgan fingerprint density at radius 1 is 0.833 bits per heavy atom. The van der Waals surface area contributed by atoms with E-state index in [-0.39, 0.29) is 6.15 Å². The van der Waals surface area contributed by atoms with Crippen LogP contribution in [0.4, 0.5) is 5.69 Å². The molecular formula is C10H12N2. The summed E-state index contributed by atoms with van der Waals surface area (Å²) in [6.45, 7) is 0. The monoisotopic (exact) mass is 160 g/mol. The van der Waals surface area contributed by atoms with Crippen molar-refractivity contribution in [2.45, 2.75) is 0 Å². The van der Waals surface area contributed by atoms with Gasteiger partial charge in [-0.15, -0.1) is 0 Å². The molecule has 5 N–H and O–H groups in total. The van der Waals surface area contributed by atoms with Gasteiger partial charge >= 0.3 is 0 Å². The van der Waals surface area contributed by atoms with Crippen molar-refractivity contribution < 1.29 is 0 Å². The van der Waals surface area contributed by atoms with Crippen LogP contribution in [0, 0.1) is 0 Å². The van der Waals surface area contributed by atoms with Crippen molar-refractivity contribution in [3.8, 4) is 0 Å². The van der Waals surface area contributed by atoms with E-state index in [0.29, 0.717) is 0 Å². The lowest BCUT2D eigenvalue weighted by molar-refractivity contribution is 1.73. The second kappa shape index (κ2) is 3.24. The fourth-order valence-electron chi connectivity index (χ4n) is 1.25. The van der Waals surface area contributed by atoms with Gasteiger partial charge in [-0.05, 0) is 11.5 Å². The summed E-state index contributed by atoms with van der Waals surface area (Å²) >= 11 is 0. The average molecular weight is 160 g/mol. The van der Waals surface area contributed by atoms with Crippen molar-refractivity contribution in [1.82, 2.24) is 6.15 Å². The smallest absolute Gasteiger partial charge is 0.0393 e. The molecule has 2 aromatic rings. The van der Waals surface area contributed by atoms with Gasteiger partial charge in [0.15, 0.2) is 0 Å². The van der Waals surface area contributed by atoms with Crippen molar-refractivity contribution in [3.05, 3.63) is 42.5 Å². The van der Waals surface area contributed by atoms with Crippen LogP contribution in [-0.2, 0) is 0 Å². The van der Waals surface area contributed by atoms with Gasteiger partial charge in [-0.25, -0.2) is 0 Å². The summed E-state index contributed by atoms with van der Waals surface area (Å²) in [6, 6.07) is 14.1. The van der Waals surface area contributed by atoms with Gasteiger partial charge in [-0.1, -0.05) is 36.4 Å². The molecule has 0 saturated heterocycles. The summed E-state index contributed by atoms with van der Waals surface area (Å²) in [7, 11) is 0. The number of rotatable bonds is 0. The van der Waals surface area contributed by atoms with Crippen LogP contribution in [0.3, 0.4) is 0 Å². The number of hydrogen-bond donors (Lipinski definition) is 2. The van der Waals surface area contributed by atoms with Gasteiger partial charge in [-0.2, -0.15) is 0 Å². The molecule has 0 saturated carbocycles. The second-order valence-electron chi connectivity index (χ2n) is 2.57. The lowest BCUT2D eigenvalue weighted by Crippen LogP contribution is -1.84. The SMILES string of the molecule is N.Nc1cccc2ccccc12. The van der Waals surface area contributed by atoms with Crippen LogP contribution in [0.1, 0.15) is 0 Å². The highest BCUT2D eigenvalue weighted by atomic mass is 14.5. The van der Waals surface area contributed by atoms with Crippen LogP contribution in [0.25, 0.3) is 10.8 Å². The standard InChI is InChI=1S/C10H9N.H3N/c11-10-7-3-5-8-4-1-2-6-9(8)10;/h1-7H,11H2;1H3. The lowest BCUT2D eigenvalue weighted by atomic mass is 10.1. The summed E-state index contributed by atoms with van der Waals surface area (Å²) in [6.07, 6.45) is 0. The van der Waals surface area contributed by atoms with Gasteiger partial charge in [0.05, 0.1) is 0 Å². The Kier molecular flexibility index (Phi) is 2.31. The normalized spacial score (nSPS) is 9.33. The van der Waals surface area contributed by atoms with Crippen LogP contribution in [0.5, 0.6) is 0 Å². The highest BCUT2D eigenvalue weighted by Crippen LogP contribution is 2.19. The minimum atomic E-state index is 0. The molecule has 12 heavy (non-hydrogen) atoms. The number of benzene rings is 2. The molecule has 0 aliphatic carbocycles. The lowest BCUT2D eigenvalue weighted by Gasteiger charge is -1.98. The number of nitrogen functional groups attached to an aromatic ring is 1. The first kappa shape index (κ1) is 8.56. The predicted molar refractivity (Wildman–Crippen MR) is 53.4 cm³/mol. The van der Waals surface area contributed by atoms with Crippen molar-refractivity contribution in [3.63, 3.8) is 0 Å². The molecule has 0 amide bonds. The topological polar surface area (TPSA) is 61.0 Å². The van der Waals surface area contributed by atoms with Crippen molar-refractivity contribution in [2.75, 3.05) is 5.73 Å². The molecule has 0 bridgehead atoms. The molecule has 0 radical (unpaired) electrons. The molecule has 0 aromatic heterocycles. The molecule has 0 heterocycles. The molecule has 2 heteroatoms. The Labute approximate surface area is 71.6 Å². The second-order valence-corrected chi connectivity index (χ2v) is 2.57. The maximum absolute atomic E-state index is 5.76. The van der Waals surface area contributed by atoms with Crippen LogP contribution >= 0.6 is 0 Å². The summed E-state index contributed by atoms with van der Waals surface area (Å²) in [5, 5.41) is 2.34. The van der Waals surface area contributed by atoms with E-state index >= 15 is 0 Å². The Hall–Kier alpha value is -1.54. The van der Waals surface area contributed by atoms with Gasteiger partial charge in [0.2, 0.25) is 0 Å². The Balaban J connectivity index is 0.000000720. The summed E-state index contributed by atoms with van der Waals surface area (Å²) in [5.74, 6) is 0. The number of hydrogen-bond acceptors (Lipinski definition) is 2. The van der Waals surface area contributed by atoms with E-state index in [2.05, 4.69) is 12.1 Å². The minimum absolute atomic E-state index is 0. The maximum Gasteiger partial charge on any atom is 0.0393 e. The minimum Gasteiger partial charge on any atom is -0.398 e. The van der Waals surface area contributed by atoms with Gasteiger partial charge in [0.1, 0.15) is 0 Å². The highest BCUT2D eigenvalue weighted by molar-refractivity contribution is 5.92. The summed E-state index contributed by atoms with van der Waals surface area (Å²) in [4.78, 5) is 0. The Bertz CT molecular complexity index is 377. The number of fused-ring (bicyclic) bond motifs is 1. The quantitative estimate of drug-likeness (QED) is 0.582. The van der Waals surface area contributed by atoms with Crippen LogP contribution in [0.2, 0.25) is 0 Å². The third-order valence-corrected chi connectivity index (χ3v) is 1.82. The largest absolute Gasteiger partial charge is 0.398 e. The molecule has 0 spiro atoms. The number of anilines is 1. The van der Waals surface area contributed by atoms with Gasteiger partial charge < -0.3 is 11.9 Å². The highest BCUT2D eigenvalue weighted by Gasteiger charge is 1.92. The van der Waals surface area contributed by atoms with E-state index < -0.39 is 0 Å². The number of nitrogens with two attached hydrogens (primary N) is 1. The van der Waals surface area contributed by atoms with Gasteiger partial charge in [-0.3, -0.25) is 0 Å². The molecule has 2 aromatic carbocycles. The molecule has 2 nitrogen and oxygen atoms in total. The fraction of sp³-hybridized carbons (Fsp3) is 0. The van der Waals surface area contributed by atoms with E-state index in [1.807, 2.05) is 30.3 Å². The van der Waals surface area contributed by atoms with E-state index in [1.54, 1.807) is 0 Å². The Morgan fingerprint density at radius 3 is 2.25 bits per heavy atom. The molecule has 0 aliphatic heterocycles. The zero-order valence-corrected chi connectivity index (χ0v) is 6.83. The fourth-order valence-corrected chi connectivity index (χ4v) is 1.25. The first-order valence-corrected chi connectivity index (χ1v) is 3.61. The van der Waals surface area contributed by atoms with Crippen molar-refractivity contribution in [1.29, 1.82) is 0 Å². The first-order valence-electron chi connectivity index (χ1n) is 3.61. The van der Waals surface area contributed by atoms with Crippen LogP contribution in [-0.4, -0.2) is 0 Å². The molecule has 0 fully saturated rings. The zero-order chi connectivity index (χ0) is 7.68.